The van der Waals surface area contributed by atoms with Crippen molar-refractivity contribution in [1.29, 1.82) is 0 Å². The van der Waals surface area contributed by atoms with E-state index in [1.165, 1.54) is 0 Å². The summed E-state index contributed by atoms with van der Waals surface area (Å²) in [6.45, 7) is 1.79. The molecule has 64 valence electrons. The molecule has 0 bridgehead atoms. The highest BCUT2D eigenvalue weighted by molar-refractivity contribution is 6.35. The van der Waals surface area contributed by atoms with E-state index in [9.17, 15) is 4.79 Å². The van der Waals surface area contributed by atoms with Crippen molar-refractivity contribution in [2.75, 3.05) is 0 Å². The van der Waals surface area contributed by atoms with Gasteiger partial charge in [0.15, 0.2) is 0 Å². The Labute approximate surface area is 81.3 Å². The van der Waals surface area contributed by atoms with Crippen LogP contribution in [0.15, 0.2) is 18.2 Å². The number of carbonyl (C=O) groups is 1. The third-order valence-electron chi connectivity index (χ3n) is 1.66. The third kappa shape index (κ3) is 1.99. The van der Waals surface area contributed by atoms with E-state index in [0.717, 1.165) is 11.8 Å². The first-order chi connectivity index (χ1) is 5.65. The van der Waals surface area contributed by atoms with Crippen LogP contribution in [0.4, 0.5) is 0 Å². The first kappa shape index (κ1) is 9.56. The van der Waals surface area contributed by atoms with Crippen LogP contribution in [-0.4, -0.2) is 6.29 Å². The number of halogens is 2. The molecule has 0 aliphatic rings. The number of rotatable bonds is 2. The molecule has 1 unspecified atom stereocenters. The molecule has 0 heterocycles. The second-order valence-electron chi connectivity index (χ2n) is 2.59. The summed E-state index contributed by atoms with van der Waals surface area (Å²) in [4.78, 5) is 10.5. The van der Waals surface area contributed by atoms with Crippen LogP contribution in [0, 0.1) is 0 Å². The van der Waals surface area contributed by atoms with Gasteiger partial charge in [-0.2, -0.15) is 0 Å². The van der Waals surface area contributed by atoms with Gasteiger partial charge in [-0.05, 0) is 17.7 Å². The van der Waals surface area contributed by atoms with Crippen molar-refractivity contribution in [3.63, 3.8) is 0 Å². The molecule has 0 N–H and O–H groups in total. The Morgan fingerprint density at radius 3 is 2.58 bits per heavy atom. The largest absolute Gasteiger partial charge is 0.303 e. The monoisotopic (exact) mass is 202 g/mol. The van der Waals surface area contributed by atoms with Gasteiger partial charge in [0, 0.05) is 16.0 Å². The van der Waals surface area contributed by atoms with Gasteiger partial charge in [0.25, 0.3) is 0 Å². The van der Waals surface area contributed by atoms with E-state index in [0.29, 0.717) is 10.0 Å². The van der Waals surface area contributed by atoms with Gasteiger partial charge in [-0.25, -0.2) is 0 Å². The quantitative estimate of drug-likeness (QED) is 0.674. The van der Waals surface area contributed by atoms with Crippen LogP contribution >= 0.6 is 23.2 Å². The van der Waals surface area contributed by atoms with Gasteiger partial charge in [0.05, 0.1) is 0 Å². The van der Waals surface area contributed by atoms with E-state index in [-0.39, 0.29) is 5.92 Å². The molecular formula is C9H8Cl2O. The maximum absolute atomic E-state index is 10.5. The molecule has 0 aliphatic carbocycles. The van der Waals surface area contributed by atoms with Gasteiger partial charge < -0.3 is 4.79 Å². The molecule has 0 amide bonds. The standard InChI is InChI=1S/C9H8Cl2O/c1-6(5-12)8-3-2-7(10)4-9(8)11/h2-6H,1H3. The minimum atomic E-state index is -0.172. The van der Waals surface area contributed by atoms with E-state index >= 15 is 0 Å². The van der Waals surface area contributed by atoms with Crippen molar-refractivity contribution in [3.05, 3.63) is 33.8 Å². The summed E-state index contributed by atoms with van der Waals surface area (Å²) in [6.07, 6.45) is 0.856. The molecule has 12 heavy (non-hydrogen) atoms. The average molecular weight is 203 g/mol. The van der Waals surface area contributed by atoms with Crippen molar-refractivity contribution in [2.45, 2.75) is 12.8 Å². The Balaban J connectivity index is 3.09. The van der Waals surface area contributed by atoms with E-state index in [1.807, 2.05) is 0 Å². The first-order valence-corrected chi connectivity index (χ1v) is 4.31. The minimum absolute atomic E-state index is 0.172. The Bertz CT molecular complexity index is 297. The highest BCUT2D eigenvalue weighted by atomic mass is 35.5. The highest BCUT2D eigenvalue weighted by Gasteiger charge is 2.07. The number of hydrogen-bond acceptors (Lipinski definition) is 1. The van der Waals surface area contributed by atoms with Crippen molar-refractivity contribution < 1.29 is 4.79 Å². The normalized spacial score (nSPS) is 12.6. The summed E-state index contributed by atoms with van der Waals surface area (Å²) in [5.41, 5.74) is 0.816. The number of aldehydes is 1. The summed E-state index contributed by atoms with van der Waals surface area (Å²) < 4.78 is 0. The van der Waals surface area contributed by atoms with E-state index in [2.05, 4.69) is 0 Å². The predicted molar refractivity (Wildman–Crippen MR) is 50.9 cm³/mol. The molecule has 0 saturated carbocycles. The van der Waals surface area contributed by atoms with Gasteiger partial charge in [-0.15, -0.1) is 0 Å². The zero-order chi connectivity index (χ0) is 9.14. The smallest absolute Gasteiger partial charge is 0.127 e. The maximum Gasteiger partial charge on any atom is 0.127 e. The predicted octanol–water partition coefficient (Wildman–Crippen LogP) is 3.30. The van der Waals surface area contributed by atoms with Gasteiger partial charge >= 0.3 is 0 Å². The van der Waals surface area contributed by atoms with Crippen molar-refractivity contribution in [2.24, 2.45) is 0 Å². The van der Waals surface area contributed by atoms with Gasteiger partial charge in [0.1, 0.15) is 6.29 Å². The van der Waals surface area contributed by atoms with E-state index < -0.39 is 0 Å². The molecular weight excluding hydrogens is 195 g/mol. The van der Waals surface area contributed by atoms with Crippen LogP contribution in [0.2, 0.25) is 10.0 Å². The number of benzene rings is 1. The molecule has 1 nitrogen and oxygen atoms in total. The molecule has 3 heteroatoms. The molecule has 0 saturated heterocycles. The molecule has 0 fully saturated rings. The Morgan fingerprint density at radius 2 is 2.08 bits per heavy atom. The lowest BCUT2D eigenvalue weighted by Gasteiger charge is -2.06. The average Bonchev–Trinajstić information content (AvgIpc) is 2.03. The summed E-state index contributed by atoms with van der Waals surface area (Å²) in [7, 11) is 0. The van der Waals surface area contributed by atoms with Crippen molar-refractivity contribution in [3.8, 4) is 0 Å². The topological polar surface area (TPSA) is 17.1 Å². The van der Waals surface area contributed by atoms with Gasteiger partial charge in [-0.1, -0.05) is 36.2 Å². The van der Waals surface area contributed by atoms with Crippen LogP contribution in [0.5, 0.6) is 0 Å². The fourth-order valence-corrected chi connectivity index (χ4v) is 1.52. The summed E-state index contributed by atoms with van der Waals surface area (Å²) >= 11 is 11.6. The van der Waals surface area contributed by atoms with Gasteiger partial charge in [0.2, 0.25) is 0 Å². The molecule has 0 radical (unpaired) electrons. The highest BCUT2D eigenvalue weighted by Crippen LogP contribution is 2.25. The van der Waals surface area contributed by atoms with Crippen LogP contribution in [0.3, 0.4) is 0 Å². The Hall–Kier alpha value is -0.530. The van der Waals surface area contributed by atoms with Crippen molar-refractivity contribution in [1.82, 2.24) is 0 Å². The summed E-state index contributed by atoms with van der Waals surface area (Å²) in [5, 5.41) is 1.13. The Kier molecular flexibility index (Phi) is 3.12. The summed E-state index contributed by atoms with van der Waals surface area (Å²) in [6, 6.07) is 5.13. The lowest BCUT2D eigenvalue weighted by atomic mass is 10.0. The van der Waals surface area contributed by atoms with E-state index in [4.69, 9.17) is 23.2 Å². The second kappa shape index (κ2) is 3.92. The van der Waals surface area contributed by atoms with Crippen LogP contribution in [0.25, 0.3) is 0 Å². The van der Waals surface area contributed by atoms with Crippen molar-refractivity contribution >= 4 is 29.5 Å². The Morgan fingerprint density at radius 1 is 1.42 bits per heavy atom. The lowest BCUT2D eigenvalue weighted by Crippen LogP contribution is -1.94. The van der Waals surface area contributed by atoms with Crippen LogP contribution < -0.4 is 0 Å². The molecule has 1 aromatic rings. The third-order valence-corrected chi connectivity index (χ3v) is 2.22. The number of hydrogen-bond donors (Lipinski definition) is 0. The maximum atomic E-state index is 10.5. The molecule has 1 aromatic carbocycles. The molecule has 1 atom stereocenters. The molecule has 1 rings (SSSR count). The molecule has 0 spiro atoms. The fraction of sp³-hybridized carbons (Fsp3) is 0.222. The zero-order valence-corrected chi connectivity index (χ0v) is 8.06. The van der Waals surface area contributed by atoms with Gasteiger partial charge in [-0.3, -0.25) is 0 Å². The number of carbonyl (C=O) groups excluding carboxylic acids is 1. The first-order valence-electron chi connectivity index (χ1n) is 3.55. The summed E-state index contributed by atoms with van der Waals surface area (Å²) in [5.74, 6) is -0.172. The lowest BCUT2D eigenvalue weighted by molar-refractivity contribution is -0.108. The SMILES string of the molecule is CC(C=O)c1ccc(Cl)cc1Cl. The molecule has 0 aromatic heterocycles. The van der Waals surface area contributed by atoms with Crippen LogP contribution in [0.1, 0.15) is 18.4 Å². The fourth-order valence-electron chi connectivity index (χ4n) is 0.944. The molecule has 0 aliphatic heterocycles. The van der Waals surface area contributed by atoms with Crippen LogP contribution in [-0.2, 0) is 4.79 Å². The minimum Gasteiger partial charge on any atom is -0.303 e. The van der Waals surface area contributed by atoms with E-state index in [1.54, 1.807) is 25.1 Å². The second-order valence-corrected chi connectivity index (χ2v) is 3.43. The zero-order valence-electron chi connectivity index (χ0n) is 6.55.